The Hall–Kier alpha value is -1.02. The quantitative estimate of drug-likeness (QED) is 0.863. The standard InChI is InChI=1S/C15H23NO/c1-13-6-5-9-15(12-13)16(10-11-17)14-7-3-2-4-8-14/h5-6,9,12,14,17H,2-4,7-8,10-11H2,1H3. The van der Waals surface area contributed by atoms with Crippen molar-refractivity contribution in [1.29, 1.82) is 0 Å². The zero-order valence-electron chi connectivity index (χ0n) is 10.7. The van der Waals surface area contributed by atoms with Crippen molar-refractivity contribution in [1.82, 2.24) is 0 Å². The first-order valence-electron chi connectivity index (χ1n) is 6.75. The van der Waals surface area contributed by atoms with Crippen LogP contribution < -0.4 is 4.90 Å². The molecule has 1 aliphatic rings. The molecule has 0 spiro atoms. The molecule has 0 atom stereocenters. The number of anilines is 1. The van der Waals surface area contributed by atoms with Gasteiger partial charge in [-0.15, -0.1) is 0 Å². The molecule has 0 aromatic heterocycles. The molecule has 2 rings (SSSR count). The van der Waals surface area contributed by atoms with Crippen LogP contribution in [0.4, 0.5) is 5.69 Å². The molecule has 0 bridgehead atoms. The molecule has 0 radical (unpaired) electrons. The molecule has 1 fully saturated rings. The Morgan fingerprint density at radius 1 is 1.24 bits per heavy atom. The second-order valence-electron chi connectivity index (χ2n) is 5.05. The van der Waals surface area contributed by atoms with E-state index >= 15 is 0 Å². The van der Waals surface area contributed by atoms with Gasteiger partial charge in [-0.1, -0.05) is 31.4 Å². The lowest BCUT2D eigenvalue weighted by atomic mass is 9.93. The summed E-state index contributed by atoms with van der Waals surface area (Å²) in [7, 11) is 0. The van der Waals surface area contributed by atoms with E-state index in [-0.39, 0.29) is 6.61 Å². The third-order valence-corrected chi connectivity index (χ3v) is 3.69. The molecule has 94 valence electrons. The summed E-state index contributed by atoms with van der Waals surface area (Å²) in [5.74, 6) is 0. The van der Waals surface area contributed by atoms with Gasteiger partial charge in [0.25, 0.3) is 0 Å². The highest BCUT2D eigenvalue weighted by Gasteiger charge is 2.20. The monoisotopic (exact) mass is 233 g/mol. The van der Waals surface area contributed by atoms with Crippen molar-refractivity contribution in [3.8, 4) is 0 Å². The van der Waals surface area contributed by atoms with Crippen molar-refractivity contribution in [3.05, 3.63) is 29.8 Å². The van der Waals surface area contributed by atoms with Crippen molar-refractivity contribution >= 4 is 5.69 Å². The third-order valence-electron chi connectivity index (χ3n) is 3.69. The first kappa shape index (κ1) is 12.4. The molecule has 0 amide bonds. The zero-order valence-corrected chi connectivity index (χ0v) is 10.7. The van der Waals surface area contributed by atoms with Crippen LogP contribution in [0.3, 0.4) is 0 Å². The largest absolute Gasteiger partial charge is 0.395 e. The van der Waals surface area contributed by atoms with Crippen LogP contribution in [0.1, 0.15) is 37.7 Å². The number of aryl methyl sites for hydroxylation is 1. The Morgan fingerprint density at radius 3 is 2.65 bits per heavy atom. The summed E-state index contributed by atoms with van der Waals surface area (Å²) in [5, 5.41) is 9.26. The van der Waals surface area contributed by atoms with Gasteiger partial charge < -0.3 is 10.0 Å². The molecule has 0 unspecified atom stereocenters. The summed E-state index contributed by atoms with van der Waals surface area (Å²) in [5.41, 5.74) is 2.56. The van der Waals surface area contributed by atoms with E-state index in [2.05, 4.69) is 36.1 Å². The fourth-order valence-electron chi connectivity index (χ4n) is 2.83. The van der Waals surface area contributed by atoms with Crippen molar-refractivity contribution in [2.45, 2.75) is 45.1 Å². The highest BCUT2D eigenvalue weighted by molar-refractivity contribution is 5.49. The smallest absolute Gasteiger partial charge is 0.0606 e. The van der Waals surface area contributed by atoms with Gasteiger partial charge in [0.05, 0.1) is 6.61 Å². The second-order valence-corrected chi connectivity index (χ2v) is 5.05. The molecule has 0 aliphatic heterocycles. The summed E-state index contributed by atoms with van der Waals surface area (Å²) in [6, 6.07) is 9.25. The van der Waals surface area contributed by atoms with Crippen LogP contribution in [0.2, 0.25) is 0 Å². The zero-order chi connectivity index (χ0) is 12.1. The molecule has 1 aliphatic carbocycles. The van der Waals surface area contributed by atoms with Crippen LogP contribution in [-0.2, 0) is 0 Å². The lowest BCUT2D eigenvalue weighted by Crippen LogP contribution is -2.38. The molecule has 2 heteroatoms. The van der Waals surface area contributed by atoms with E-state index < -0.39 is 0 Å². The topological polar surface area (TPSA) is 23.5 Å². The Bertz CT molecular complexity index is 345. The lowest BCUT2D eigenvalue weighted by molar-refractivity contribution is 0.290. The van der Waals surface area contributed by atoms with E-state index in [1.165, 1.54) is 43.4 Å². The van der Waals surface area contributed by atoms with E-state index in [0.717, 1.165) is 6.54 Å². The average Bonchev–Trinajstić information content (AvgIpc) is 2.37. The van der Waals surface area contributed by atoms with Crippen LogP contribution in [-0.4, -0.2) is 24.3 Å². The first-order valence-corrected chi connectivity index (χ1v) is 6.75. The van der Waals surface area contributed by atoms with Crippen LogP contribution in [0.5, 0.6) is 0 Å². The molecular formula is C15H23NO. The highest BCUT2D eigenvalue weighted by atomic mass is 16.3. The molecule has 1 aromatic carbocycles. The van der Waals surface area contributed by atoms with Crippen LogP contribution in [0, 0.1) is 6.92 Å². The number of hydrogen-bond acceptors (Lipinski definition) is 2. The highest BCUT2D eigenvalue weighted by Crippen LogP contribution is 2.27. The summed E-state index contributed by atoms with van der Waals surface area (Å²) in [6.07, 6.45) is 6.58. The van der Waals surface area contributed by atoms with Gasteiger partial charge in [-0.3, -0.25) is 0 Å². The van der Waals surface area contributed by atoms with Crippen molar-refractivity contribution < 1.29 is 5.11 Å². The molecule has 2 nitrogen and oxygen atoms in total. The predicted octanol–water partition coefficient (Wildman–Crippen LogP) is 3.13. The average molecular weight is 233 g/mol. The maximum Gasteiger partial charge on any atom is 0.0606 e. The van der Waals surface area contributed by atoms with Gasteiger partial charge in [0.1, 0.15) is 0 Å². The van der Waals surface area contributed by atoms with Gasteiger partial charge in [0, 0.05) is 18.3 Å². The normalized spacial score (nSPS) is 17.1. The summed E-state index contributed by atoms with van der Waals surface area (Å²) < 4.78 is 0. The predicted molar refractivity (Wildman–Crippen MR) is 72.5 cm³/mol. The van der Waals surface area contributed by atoms with Gasteiger partial charge in [-0.2, -0.15) is 0 Å². The molecule has 1 N–H and O–H groups in total. The number of rotatable bonds is 4. The maximum atomic E-state index is 9.26. The summed E-state index contributed by atoms with van der Waals surface area (Å²) >= 11 is 0. The van der Waals surface area contributed by atoms with Crippen molar-refractivity contribution in [2.75, 3.05) is 18.1 Å². The SMILES string of the molecule is Cc1cccc(N(CCO)C2CCCCC2)c1. The van der Waals surface area contributed by atoms with Crippen molar-refractivity contribution in [2.24, 2.45) is 0 Å². The minimum absolute atomic E-state index is 0.241. The minimum atomic E-state index is 0.241. The fraction of sp³-hybridized carbons (Fsp3) is 0.600. The van der Waals surface area contributed by atoms with Crippen LogP contribution in [0.15, 0.2) is 24.3 Å². The number of aliphatic hydroxyl groups is 1. The van der Waals surface area contributed by atoms with Crippen LogP contribution >= 0.6 is 0 Å². The van der Waals surface area contributed by atoms with Crippen molar-refractivity contribution in [3.63, 3.8) is 0 Å². The summed E-state index contributed by atoms with van der Waals surface area (Å²) in [4.78, 5) is 2.40. The molecule has 17 heavy (non-hydrogen) atoms. The third kappa shape index (κ3) is 3.22. The first-order chi connectivity index (χ1) is 8.31. The molecule has 0 saturated heterocycles. The van der Waals surface area contributed by atoms with Gasteiger partial charge in [0.15, 0.2) is 0 Å². The van der Waals surface area contributed by atoms with E-state index in [0.29, 0.717) is 6.04 Å². The second kappa shape index (κ2) is 6.06. The van der Waals surface area contributed by atoms with E-state index in [1.807, 2.05) is 0 Å². The van der Waals surface area contributed by atoms with E-state index in [9.17, 15) is 5.11 Å². The number of aliphatic hydroxyl groups excluding tert-OH is 1. The van der Waals surface area contributed by atoms with Gasteiger partial charge in [-0.05, 0) is 37.5 Å². The van der Waals surface area contributed by atoms with E-state index in [4.69, 9.17) is 0 Å². The minimum Gasteiger partial charge on any atom is -0.395 e. The van der Waals surface area contributed by atoms with Gasteiger partial charge >= 0.3 is 0 Å². The van der Waals surface area contributed by atoms with Gasteiger partial charge in [-0.25, -0.2) is 0 Å². The number of hydrogen-bond donors (Lipinski definition) is 1. The fourth-order valence-corrected chi connectivity index (χ4v) is 2.83. The van der Waals surface area contributed by atoms with E-state index in [1.54, 1.807) is 0 Å². The van der Waals surface area contributed by atoms with Crippen LogP contribution in [0.25, 0.3) is 0 Å². The Labute approximate surface area is 104 Å². The lowest BCUT2D eigenvalue weighted by Gasteiger charge is -2.36. The molecular weight excluding hydrogens is 210 g/mol. The molecule has 1 saturated carbocycles. The summed E-state index contributed by atoms with van der Waals surface area (Å²) in [6.45, 7) is 3.13. The Morgan fingerprint density at radius 2 is 2.00 bits per heavy atom. The Balaban J connectivity index is 2.15. The molecule has 0 heterocycles. The Kier molecular flexibility index (Phi) is 4.43. The maximum absolute atomic E-state index is 9.26. The van der Waals surface area contributed by atoms with Gasteiger partial charge in [0.2, 0.25) is 0 Å². The number of nitrogens with zero attached hydrogens (tertiary/aromatic N) is 1. The molecule has 1 aromatic rings. The number of benzene rings is 1.